The fraction of sp³-hybridized carbons (Fsp3) is 0.680. The minimum atomic E-state index is -0.336. The smallest absolute Gasteiger partial charge is 0.248 e. The predicted molar refractivity (Wildman–Crippen MR) is 128 cm³/mol. The lowest BCUT2D eigenvalue weighted by molar-refractivity contribution is -0.120. The highest BCUT2D eigenvalue weighted by molar-refractivity contribution is 5.92. The molecule has 0 aromatic heterocycles. The Morgan fingerprint density at radius 1 is 0.933 bits per heavy atom. The van der Waals surface area contributed by atoms with Crippen LogP contribution >= 0.6 is 0 Å². The molecule has 1 aromatic rings. The van der Waals surface area contributed by atoms with E-state index in [1.165, 1.54) is 37.7 Å². The van der Waals surface area contributed by atoms with Crippen molar-refractivity contribution in [1.82, 2.24) is 9.80 Å². The number of benzene rings is 1. The normalized spacial score (nSPS) is 17.7. The van der Waals surface area contributed by atoms with E-state index < -0.39 is 0 Å². The van der Waals surface area contributed by atoms with E-state index >= 15 is 0 Å². The molecule has 1 aromatic carbocycles. The molecule has 4 rings (SSSR count). The quantitative estimate of drug-likeness (QED) is 0.694. The second kappa shape index (κ2) is 16.9. The van der Waals surface area contributed by atoms with Crippen molar-refractivity contribution in [3.8, 4) is 0 Å². The minimum Gasteiger partial charge on any atom is -0.366 e. The SMILES string of the molecule is CC.CC.CC.NC(=O)c1cccc(C2CC2)c1.O=CN1CCN(C2CCC2)CC1. The Kier molecular flexibility index (Phi) is 15.8. The van der Waals surface area contributed by atoms with E-state index in [-0.39, 0.29) is 5.91 Å². The summed E-state index contributed by atoms with van der Waals surface area (Å²) in [5, 5.41) is 0. The lowest BCUT2D eigenvalue weighted by Crippen LogP contribution is -2.51. The molecule has 0 radical (unpaired) electrons. The maximum Gasteiger partial charge on any atom is 0.248 e. The van der Waals surface area contributed by atoms with Gasteiger partial charge in [-0.1, -0.05) is 60.1 Å². The Morgan fingerprint density at radius 3 is 1.90 bits per heavy atom. The van der Waals surface area contributed by atoms with Crippen LogP contribution in [0.25, 0.3) is 0 Å². The molecule has 2 N–H and O–H groups in total. The summed E-state index contributed by atoms with van der Waals surface area (Å²) in [5.74, 6) is 0.349. The molecule has 0 spiro atoms. The van der Waals surface area contributed by atoms with Crippen LogP contribution in [-0.4, -0.2) is 54.3 Å². The van der Waals surface area contributed by atoms with E-state index in [4.69, 9.17) is 5.73 Å². The molecule has 0 atom stereocenters. The average molecular weight is 420 g/mol. The first-order chi connectivity index (χ1) is 14.7. The average Bonchev–Trinajstić information content (AvgIpc) is 3.63. The summed E-state index contributed by atoms with van der Waals surface area (Å²) in [5.41, 5.74) is 7.04. The molecule has 0 bridgehead atoms. The van der Waals surface area contributed by atoms with E-state index in [0.29, 0.717) is 11.5 Å². The molecule has 2 saturated carbocycles. The van der Waals surface area contributed by atoms with Gasteiger partial charge in [0.25, 0.3) is 0 Å². The van der Waals surface area contributed by atoms with Crippen molar-refractivity contribution < 1.29 is 9.59 Å². The molecule has 1 aliphatic heterocycles. The fourth-order valence-electron chi connectivity index (χ4n) is 3.32. The van der Waals surface area contributed by atoms with Gasteiger partial charge in [0.2, 0.25) is 12.3 Å². The highest BCUT2D eigenvalue weighted by Crippen LogP contribution is 2.40. The number of hydrogen-bond donors (Lipinski definition) is 1. The standard InChI is InChI=1S/C10H11NO.C9H16N2O.3C2H6/c11-10(12)9-3-1-2-8(6-9)7-4-5-7;12-8-10-4-6-11(7-5-10)9-2-1-3-9;3*1-2/h1-3,6-7H,4-5H2,(H2,11,12);8-9H,1-7H2;3*1-2H3. The van der Waals surface area contributed by atoms with Gasteiger partial charge in [-0.05, 0) is 49.3 Å². The molecule has 5 heteroatoms. The Labute approximate surface area is 185 Å². The number of hydrogen-bond acceptors (Lipinski definition) is 3. The van der Waals surface area contributed by atoms with Gasteiger partial charge in [0.15, 0.2) is 0 Å². The second-order valence-electron chi connectivity index (χ2n) is 7.03. The summed E-state index contributed by atoms with van der Waals surface area (Å²) >= 11 is 0. The molecule has 3 fully saturated rings. The lowest BCUT2D eigenvalue weighted by atomic mass is 9.91. The predicted octanol–water partition coefficient (Wildman–Crippen LogP) is 5.05. The maximum atomic E-state index is 10.8. The van der Waals surface area contributed by atoms with Crippen LogP contribution < -0.4 is 5.73 Å². The number of amides is 2. The van der Waals surface area contributed by atoms with E-state index in [2.05, 4.69) is 11.0 Å². The molecule has 1 saturated heterocycles. The summed E-state index contributed by atoms with van der Waals surface area (Å²) < 4.78 is 0. The van der Waals surface area contributed by atoms with Crippen molar-refractivity contribution in [1.29, 1.82) is 0 Å². The molecular formula is C25H45N3O2. The summed E-state index contributed by atoms with van der Waals surface area (Å²) in [7, 11) is 0. The van der Waals surface area contributed by atoms with Crippen LogP contribution in [0.5, 0.6) is 0 Å². The van der Waals surface area contributed by atoms with Gasteiger partial charge in [-0.25, -0.2) is 0 Å². The third kappa shape index (κ3) is 9.75. The third-order valence-corrected chi connectivity index (χ3v) is 5.31. The second-order valence-corrected chi connectivity index (χ2v) is 7.03. The summed E-state index contributed by atoms with van der Waals surface area (Å²) in [4.78, 5) is 25.6. The van der Waals surface area contributed by atoms with Crippen molar-refractivity contribution in [2.24, 2.45) is 5.73 Å². The molecule has 0 unspecified atom stereocenters. The molecular weight excluding hydrogens is 374 g/mol. The topological polar surface area (TPSA) is 66.6 Å². The van der Waals surface area contributed by atoms with Gasteiger partial charge in [0.1, 0.15) is 0 Å². The first kappa shape index (κ1) is 28.1. The van der Waals surface area contributed by atoms with Crippen LogP contribution in [0, 0.1) is 0 Å². The van der Waals surface area contributed by atoms with E-state index in [1.54, 1.807) is 6.07 Å². The van der Waals surface area contributed by atoms with Gasteiger partial charge in [-0.2, -0.15) is 0 Å². The van der Waals surface area contributed by atoms with Crippen molar-refractivity contribution in [3.63, 3.8) is 0 Å². The molecule has 172 valence electrons. The largest absolute Gasteiger partial charge is 0.366 e. The van der Waals surface area contributed by atoms with Crippen LogP contribution in [0.3, 0.4) is 0 Å². The van der Waals surface area contributed by atoms with E-state index in [0.717, 1.165) is 38.6 Å². The Bertz CT molecular complexity index is 576. The summed E-state index contributed by atoms with van der Waals surface area (Å²) in [6, 6.07) is 8.46. The molecule has 2 aliphatic carbocycles. The number of carbonyl (C=O) groups is 2. The van der Waals surface area contributed by atoms with Gasteiger partial charge in [0.05, 0.1) is 0 Å². The summed E-state index contributed by atoms with van der Waals surface area (Å²) in [6.07, 6.45) is 7.63. The number of primary amides is 1. The molecule has 30 heavy (non-hydrogen) atoms. The number of carbonyl (C=O) groups excluding carboxylic acids is 2. The van der Waals surface area contributed by atoms with Crippen molar-refractivity contribution in [2.45, 2.75) is 85.6 Å². The van der Waals surface area contributed by atoms with Gasteiger partial charge >= 0.3 is 0 Å². The van der Waals surface area contributed by atoms with Gasteiger partial charge in [-0.3, -0.25) is 14.5 Å². The van der Waals surface area contributed by atoms with Crippen LogP contribution in [-0.2, 0) is 4.79 Å². The fourth-order valence-corrected chi connectivity index (χ4v) is 3.32. The van der Waals surface area contributed by atoms with Gasteiger partial charge in [0, 0.05) is 37.8 Å². The highest BCUT2D eigenvalue weighted by Gasteiger charge is 2.27. The zero-order valence-corrected chi connectivity index (χ0v) is 20.2. The van der Waals surface area contributed by atoms with Gasteiger partial charge in [-0.15, -0.1) is 0 Å². The van der Waals surface area contributed by atoms with E-state index in [9.17, 15) is 9.59 Å². The number of rotatable bonds is 4. The number of nitrogens with two attached hydrogens (primary N) is 1. The zero-order valence-electron chi connectivity index (χ0n) is 20.2. The van der Waals surface area contributed by atoms with E-state index in [1.807, 2.05) is 58.6 Å². The highest BCUT2D eigenvalue weighted by atomic mass is 16.1. The minimum absolute atomic E-state index is 0.336. The van der Waals surface area contributed by atoms with Crippen LogP contribution in [0.2, 0.25) is 0 Å². The van der Waals surface area contributed by atoms with Crippen molar-refractivity contribution in [3.05, 3.63) is 35.4 Å². The Balaban J connectivity index is 0.000000450. The third-order valence-electron chi connectivity index (χ3n) is 5.31. The Morgan fingerprint density at radius 2 is 1.50 bits per heavy atom. The maximum absolute atomic E-state index is 10.8. The summed E-state index contributed by atoms with van der Waals surface area (Å²) in [6.45, 7) is 16.0. The molecule has 2 amide bonds. The van der Waals surface area contributed by atoms with Crippen LogP contribution in [0.4, 0.5) is 0 Å². The molecule has 1 heterocycles. The molecule has 3 aliphatic rings. The van der Waals surface area contributed by atoms with Crippen molar-refractivity contribution in [2.75, 3.05) is 26.2 Å². The monoisotopic (exact) mass is 419 g/mol. The first-order valence-electron chi connectivity index (χ1n) is 12.0. The lowest BCUT2D eigenvalue weighted by Gasteiger charge is -2.42. The number of nitrogens with zero attached hydrogens (tertiary/aromatic N) is 2. The zero-order chi connectivity index (χ0) is 22.9. The van der Waals surface area contributed by atoms with Gasteiger partial charge < -0.3 is 10.6 Å². The van der Waals surface area contributed by atoms with Crippen molar-refractivity contribution >= 4 is 12.3 Å². The number of piperazine rings is 1. The van der Waals surface area contributed by atoms with Crippen LogP contribution in [0.15, 0.2) is 24.3 Å². The molecule has 5 nitrogen and oxygen atoms in total. The first-order valence-corrected chi connectivity index (χ1v) is 12.0. The van der Waals surface area contributed by atoms with Crippen LogP contribution in [0.1, 0.15) is 95.5 Å². The Hall–Kier alpha value is -1.88.